The number of alkyl halides is 1. The Kier molecular flexibility index (Phi) is 3.51. The highest BCUT2D eigenvalue weighted by Crippen LogP contribution is 2.41. The van der Waals surface area contributed by atoms with E-state index in [2.05, 4.69) is 9.88 Å². The van der Waals surface area contributed by atoms with E-state index in [9.17, 15) is 0 Å². The van der Waals surface area contributed by atoms with Crippen molar-refractivity contribution in [3.05, 3.63) is 10.0 Å². The van der Waals surface area contributed by atoms with Gasteiger partial charge in [0.15, 0.2) is 5.13 Å². The van der Waals surface area contributed by atoms with Crippen molar-refractivity contribution < 1.29 is 0 Å². The summed E-state index contributed by atoms with van der Waals surface area (Å²) < 4.78 is 0. The molecular weight excluding hydrogens is 275 g/mol. The van der Waals surface area contributed by atoms with Gasteiger partial charge in [0.25, 0.3) is 0 Å². The van der Waals surface area contributed by atoms with Crippen molar-refractivity contribution in [2.75, 3.05) is 11.4 Å². The minimum Gasteiger partial charge on any atom is -0.345 e. The second-order valence-electron chi connectivity index (χ2n) is 4.94. The topological polar surface area (TPSA) is 16.1 Å². The van der Waals surface area contributed by atoms with Crippen LogP contribution in [0.3, 0.4) is 0 Å². The van der Waals surface area contributed by atoms with Crippen LogP contribution in [0.2, 0.25) is 5.15 Å². The number of halogens is 2. The van der Waals surface area contributed by atoms with Gasteiger partial charge < -0.3 is 4.90 Å². The Morgan fingerprint density at radius 3 is 2.88 bits per heavy atom. The Morgan fingerprint density at radius 2 is 2.12 bits per heavy atom. The second kappa shape index (κ2) is 4.94. The SMILES string of the molecule is ClCc1sc(N2CCC3CCCCC32)nc1Cl. The zero-order valence-electron chi connectivity index (χ0n) is 9.66. The number of fused-ring (bicyclic) bond motifs is 1. The van der Waals surface area contributed by atoms with Gasteiger partial charge in [0.05, 0.1) is 10.8 Å². The first-order valence-corrected chi connectivity index (χ1v) is 8.00. The molecule has 2 fully saturated rings. The molecule has 5 heteroatoms. The Balaban J connectivity index is 1.83. The summed E-state index contributed by atoms with van der Waals surface area (Å²) in [5, 5.41) is 1.68. The van der Waals surface area contributed by atoms with E-state index < -0.39 is 0 Å². The first-order chi connectivity index (χ1) is 8.29. The summed E-state index contributed by atoms with van der Waals surface area (Å²) in [6.07, 6.45) is 6.79. The van der Waals surface area contributed by atoms with Gasteiger partial charge in [-0.25, -0.2) is 4.98 Å². The molecule has 1 aromatic heterocycles. The maximum Gasteiger partial charge on any atom is 0.187 e. The zero-order chi connectivity index (χ0) is 11.8. The van der Waals surface area contributed by atoms with Crippen LogP contribution in [-0.2, 0) is 5.88 Å². The summed E-state index contributed by atoms with van der Waals surface area (Å²) in [7, 11) is 0. The van der Waals surface area contributed by atoms with Crippen LogP contribution < -0.4 is 4.90 Å². The van der Waals surface area contributed by atoms with Gasteiger partial charge >= 0.3 is 0 Å². The molecule has 2 nitrogen and oxygen atoms in total. The molecule has 17 heavy (non-hydrogen) atoms. The number of hydrogen-bond acceptors (Lipinski definition) is 3. The quantitative estimate of drug-likeness (QED) is 0.755. The third-order valence-electron chi connectivity index (χ3n) is 4.02. The van der Waals surface area contributed by atoms with E-state index in [1.165, 1.54) is 32.1 Å². The Hall–Kier alpha value is 0.01000. The number of nitrogens with zero attached hydrogens (tertiary/aromatic N) is 2. The Labute approximate surface area is 116 Å². The first-order valence-electron chi connectivity index (χ1n) is 6.27. The van der Waals surface area contributed by atoms with E-state index in [1.54, 1.807) is 11.3 Å². The average molecular weight is 291 g/mol. The van der Waals surface area contributed by atoms with Gasteiger partial charge in [0.1, 0.15) is 5.15 Å². The van der Waals surface area contributed by atoms with E-state index in [0.717, 1.165) is 22.5 Å². The molecule has 1 saturated carbocycles. The van der Waals surface area contributed by atoms with Crippen molar-refractivity contribution in [3.63, 3.8) is 0 Å². The van der Waals surface area contributed by atoms with Crippen LogP contribution in [0.5, 0.6) is 0 Å². The minimum absolute atomic E-state index is 0.471. The van der Waals surface area contributed by atoms with E-state index in [-0.39, 0.29) is 0 Å². The molecule has 0 N–H and O–H groups in total. The maximum atomic E-state index is 6.09. The lowest BCUT2D eigenvalue weighted by atomic mass is 9.85. The van der Waals surface area contributed by atoms with Crippen LogP contribution >= 0.6 is 34.5 Å². The Morgan fingerprint density at radius 1 is 1.29 bits per heavy atom. The van der Waals surface area contributed by atoms with Crippen LogP contribution in [0.15, 0.2) is 0 Å². The van der Waals surface area contributed by atoms with Gasteiger partial charge in [0, 0.05) is 12.6 Å². The fraction of sp³-hybridized carbons (Fsp3) is 0.750. The summed E-state index contributed by atoms with van der Waals surface area (Å²) >= 11 is 13.6. The van der Waals surface area contributed by atoms with Gasteiger partial charge in [-0.1, -0.05) is 35.8 Å². The molecule has 94 valence electrons. The average Bonchev–Trinajstić information content (AvgIpc) is 2.92. The lowest BCUT2D eigenvalue weighted by molar-refractivity contribution is 0.342. The van der Waals surface area contributed by atoms with Crippen LogP contribution in [0.4, 0.5) is 5.13 Å². The van der Waals surface area contributed by atoms with Crippen LogP contribution in [-0.4, -0.2) is 17.6 Å². The fourth-order valence-corrected chi connectivity index (χ4v) is 4.73. The molecule has 2 atom stereocenters. The highest BCUT2D eigenvalue weighted by atomic mass is 35.5. The fourth-order valence-electron chi connectivity index (χ4n) is 3.17. The van der Waals surface area contributed by atoms with Crippen molar-refractivity contribution in [1.82, 2.24) is 4.98 Å². The summed E-state index contributed by atoms with van der Waals surface area (Å²) in [6.45, 7) is 1.14. The van der Waals surface area contributed by atoms with Crippen molar-refractivity contribution in [3.8, 4) is 0 Å². The predicted molar refractivity (Wildman–Crippen MR) is 74.4 cm³/mol. The molecule has 0 amide bonds. The van der Waals surface area contributed by atoms with Gasteiger partial charge in [-0.05, 0) is 25.2 Å². The Bertz CT molecular complexity index is 407. The number of rotatable bonds is 2. The smallest absolute Gasteiger partial charge is 0.187 e. The molecule has 2 unspecified atom stereocenters. The molecular formula is C12H16Cl2N2S. The minimum atomic E-state index is 0.471. The standard InChI is InChI=1S/C12H16Cl2N2S/c13-7-10-11(14)15-12(17-10)16-6-5-8-3-1-2-4-9(8)16/h8-9H,1-7H2. The number of aromatic nitrogens is 1. The van der Waals surface area contributed by atoms with Crippen molar-refractivity contribution in [1.29, 1.82) is 0 Å². The van der Waals surface area contributed by atoms with E-state index in [0.29, 0.717) is 17.1 Å². The highest BCUT2D eigenvalue weighted by Gasteiger charge is 2.37. The lowest BCUT2D eigenvalue weighted by Crippen LogP contribution is -2.34. The molecule has 1 aliphatic heterocycles. The second-order valence-corrected chi connectivity index (χ2v) is 6.63. The third-order valence-corrected chi connectivity index (χ3v) is 5.96. The molecule has 1 saturated heterocycles. The zero-order valence-corrected chi connectivity index (χ0v) is 12.0. The number of hydrogen-bond donors (Lipinski definition) is 0. The van der Waals surface area contributed by atoms with E-state index in [1.807, 2.05) is 0 Å². The van der Waals surface area contributed by atoms with Gasteiger partial charge in [0.2, 0.25) is 0 Å². The molecule has 0 spiro atoms. The van der Waals surface area contributed by atoms with Crippen molar-refractivity contribution >= 4 is 39.7 Å². The molecule has 0 bridgehead atoms. The summed E-state index contributed by atoms with van der Waals surface area (Å²) in [5.74, 6) is 1.35. The lowest BCUT2D eigenvalue weighted by Gasteiger charge is -2.31. The van der Waals surface area contributed by atoms with Gasteiger partial charge in [-0.3, -0.25) is 0 Å². The molecule has 2 heterocycles. The molecule has 0 radical (unpaired) electrons. The molecule has 3 rings (SSSR count). The van der Waals surface area contributed by atoms with Crippen molar-refractivity contribution in [2.24, 2.45) is 5.92 Å². The van der Waals surface area contributed by atoms with Gasteiger partial charge in [-0.15, -0.1) is 11.6 Å². The van der Waals surface area contributed by atoms with Crippen LogP contribution in [0.1, 0.15) is 37.0 Å². The van der Waals surface area contributed by atoms with E-state index in [4.69, 9.17) is 23.2 Å². The van der Waals surface area contributed by atoms with Crippen LogP contribution in [0.25, 0.3) is 0 Å². The summed E-state index contributed by atoms with van der Waals surface area (Å²) in [4.78, 5) is 7.95. The van der Waals surface area contributed by atoms with Crippen LogP contribution in [0, 0.1) is 5.92 Å². The van der Waals surface area contributed by atoms with Gasteiger partial charge in [-0.2, -0.15) is 0 Å². The normalized spacial score (nSPS) is 28.5. The first kappa shape index (κ1) is 12.1. The summed E-state index contributed by atoms with van der Waals surface area (Å²) in [6, 6.07) is 0.703. The monoisotopic (exact) mass is 290 g/mol. The summed E-state index contributed by atoms with van der Waals surface area (Å²) in [5.41, 5.74) is 0. The maximum absolute atomic E-state index is 6.09. The molecule has 1 aliphatic carbocycles. The third kappa shape index (κ3) is 2.18. The highest BCUT2D eigenvalue weighted by molar-refractivity contribution is 7.16. The number of thiazole rings is 1. The molecule has 2 aliphatic rings. The number of anilines is 1. The van der Waals surface area contributed by atoms with Crippen molar-refractivity contribution in [2.45, 2.75) is 44.0 Å². The van der Waals surface area contributed by atoms with E-state index >= 15 is 0 Å². The predicted octanol–water partition coefficient (Wildman–Crippen LogP) is 4.30. The molecule has 1 aromatic rings. The molecule has 0 aromatic carbocycles. The largest absolute Gasteiger partial charge is 0.345 e.